The fourth-order valence-corrected chi connectivity index (χ4v) is 0.774. The van der Waals surface area contributed by atoms with Crippen LogP contribution in [0.3, 0.4) is 0 Å². The Balaban J connectivity index is 3.06. The molecule has 0 aromatic rings. The van der Waals surface area contributed by atoms with Gasteiger partial charge in [0.05, 0.1) is 33.0 Å². The lowest BCUT2D eigenvalue weighted by atomic mass is 10.1. The van der Waals surface area contributed by atoms with Gasteiger partial charge in [0.25, 0.3) is 0 Å². The summed E-state index contributed by atoms with van der Waals surface area (Å²) in [5, 5.41) is 0. The molecule has 0 spiro atoms. The standard InChI is InChI=1S/C10H23NO3/c1-9(2)10(11)8-14-7-6-13-5-4-12-3/h9-10H,4-8,11H2,1-3H3/t10-/m0/s1. The molecule has 4 nitrogen and oxygen atoms in total. The molecule has 0 aliphatic rings. The Kier molecular flexibility index (Phi) is 9.29. The van der Waals surface area contributed by atoms with Crippen LogP contribution in [0.15, 0.2) is 0 Å². The average molecular weight is 205 g/mol. The summed E-state index contributed by atoms with van der Waals surface area (Å²) in [7, 11) is 1.65. The summed E-state index contributed by atoms with van der Waals surface area (Å²) in [6.07, 6.45) is 0. The molecule has 14 heavy (non-hydrogen) atoms. The Morgan fingerprint density at radius 2 is 1.57 bits per heavy atom. The summed E-state index contributed by atoms with van der Waals surface area (Å²) >= 11 is 0. The van der Waals surface area contributed by atoms with E-state index in [1.807, 2.05) is 0 Å². The maximum atomic E-state index is 5.79. The molecule has 0 bridgehead atoms. The Bertz CT molecular complexity index is 120. The van der Waals surface area contributed by atoms with Crippen LogP contribution in [0.4, 0.5) is 0 Å². The lowest BCUT2D eigenvalue weighted by Gasteiger charge is -2.15. The first-order valence-corrected chi connectivity index (χ1v) is 5.08. The van der Waals surface area contributed by atoms with Crippen LogP contribution in [0.25, 0.3) is 0 Å². The SMILES string of the molecule is COCCOCCOC[C@H](N)C(C)C. The van der Waals surface area contributed by atoms with Crippen molar-refractivity contribution in [3.05, 3.63) is 0 Å². The average Bonchev–Trinajstić information content (AvgIpc) is 2.16. The normalized spacial score (nSPS) is 13.5. The van der Waals surface area contributed by atoms with Gasteiger partial charge in [-0.3, -0.25) is 0 Å². The number of rotatable bonds is 9. The highest BCUT2D eigenvalue weighted by atomic mass is 16.5. The molecule has 0 radical (unpaired) electrons. The van der Waals surface area contributed by atoms with Crippen molar-refractivity contribution in [2.75, 3.05) is 40.1 Å². The summed E-state index contributed by atoms with van der Waals surface area (Å²) in [4.78, 5) is 0. The van der Waals surface area contributed by atoms with Crippen LogP contribution >= 0.6 is 0 Å². The molecule has 0 aliphatic carbocycles. The molecular formula is C10H23NO3. The van der Waals surface area contributed by atoms with E-state index in [-0.39, 0.29) is 6.04 Å². The minimum absolute atomic E-state index is 0.119. The lowest BCUT2D eigenvalue weighted by Crippen LogP contribution is -2.32. The Labute approximate surface area is 86.7 Å². The van der Waals surface area contributed by atoms with E-state index >= 15 is 0 Å². The molecule has 0 fully saturated rings. The van der Waals surface area contributed by atoms with Crippen LogP contribution in [0.5, 0.6) is 0 Å². The van der Waals surface area contributed by atoms with Crippen molar-refractivity contribution < 1.29 is 14.2 Å². The zero-order chi connectivity index (χ0) is 10.8. The molecule has 0 amide bonds. The van der Waals surface area contributed by atoms with Gasteiger partial charge in [-0.1, -0.05) is 13.8 Å². The quantitative estimate of drug-likeness (QED) is 0.561. The highest BCUT2D eigenvalue weighted by Crippen LogP contribution is 1.97. The van der Waals surface area contributed by atoms with Gasteiger partial charge in [-0.25, -0.2) is 0 Å². The van der Waals surface area contributed by atoms with Crippen molar-refractivity contribution in [1.29, 1.82) is 0 Å². The lowest BCUT2D eigenvalue weighted by molar-refractivity contribution is 0.0192. The van der Waals surface area contributed by atoms with Crippen molar-refractivity contribution in [1.82, 2.24) is 0 Å². The highest BCUT2D eigenvalue weighted by molar-refractivity contribution is 4.63. The third-order valence-corrected chi connectivity index (χ3v) is 1.97. The zero-order valence-electron chi connectivity index (χ0n) is 9.49. The van der Waals surface area contributed by atoms with E-state index in [9.17, 15) is 0 Å². The van der Waals surface area contributed by atoms with Gasteiger partial charge in [0.2, 0.25) is 0 Å². The van der Waals surface area contributed by atoms with Crippen LogP contribution in [0, 0.1) is 5.92 Å². The summed E-state index contributed by atoms with van der Waals surface area (Å²) in [5.41, 5.74) is 5.79. The molecule has 0 aromatic carbocycles. The number of nitrogens with two attached hydrogens (primary N) is 1. The predicted molar refractivity (Wildman–Crippen MR) is 56.3 cm³/mol. The molecule has 0 aromatic heterocycles. The Hall–Kier alpha value is -0.160. The number of ether oxygens (including phenoxy) is 3. The maximum absolute atomic E-state index is 5.79. The monoisotopic (exact) mass is 205 g/mol. The van der Waals surface area contributed by atoms with Gasteiger partial charge in [0, 0.05) is 13.2 Å². The van der Waals surface area contributed by atoms with E-state index in [0.717, 1.165) is 0 Å². The molecule has 2 N–H and O–H groups in total. The first kappa shape index (κ1) is 13.8. The number of hydrogen-bond acceptors (Lipinski definition) is 4. The second-order valence-corrected chi connectivity index (χ2v) is 3.59. The van der Waals surface area contributed by atoms with Crippen LogP contribution in [0.2, 0.25) is 0 Å². The molecule has 1 atom stereocenters. The van der Waals surface area contributed by atoms with Crippen LogP contribution in [-0.2, 0) is 14.2 Å². The summed E-state index contributed by atoms with van der Waals surface area (Å²) in [6.45, 7) is 7.23. The summed E-state index contributed by atoms with van der Waals surface area (Å²) in [5.74, 6) is 0.462. The van der Waals surface area contributed by atoms with E-state index in [4.69, 9.17) is 19.9 Å². The molecule has 0 aliphatic heterocycles. The topological polar surface area (TPSA) is 53.7 Å². The number of hydrogen-bond donors (Lipinski definition) is 1. The highest BCUT2D eigenvalue weighted by Gasteiger charge is 2.06. The molecule has 4 heteroatoms. The van der Waals surface area contributed by atoms with E-state index in [1.165, 1.54) is 0 Å². The maximum Gasteiger partial charge on any atom is 0.0701 e. The first-order chi connectivity index (χ1) is 6.68. The van der Waals surface area contributed by atoms with Crippen LogP contribution in [-0.4, -0.2) is 46.2 Å². The third kappa shape index (κ3) is 8.44. The largest absolute Gasteiger partial charge is 0.382 e. The molecular weight excluding hydrogens is 182 g/mol. The third-order valence-electron chi connectivity index (χ3n) is 1.97. The van der Waals surface area contributed by atoms with Gasteiger partial charge in [-0.15, -0.1) is 0 Å². The molecule has 0 unspecified atom stereocenters. The molecule has 0 saturated heterocycles. The first-order valence-electron chi connectivity index (χ1n) is 5.08. The van der Waals surface area contributed by atoms with E-state index in [2.05, 4.69) is 13.8 Å². The van der Waals surface area contributed by atoms with E-state index in [1.54, 1.807) is 7.11 Å². The van der Waals surface area contributed by atoms with Gasteiger partial charge in [-0.2, -0.15) is 0 Å². The molecule has 86 valence electrons. The van der Waals surface area contributed by atoms with Gasteiger partial charge in [0.15, 0.2) is 0 Å². The zero-order valence-corrected chi connectivity index (χ0v) is 9.49. The fourth-order valence-electron chi connectivity index (χ4n) is 0.774. The van der Waals surface area contributed by atoms with Crippen molar-refractivity contribution in [3.63, 3.8) is 0 Å². The molecule has 0 saturated carbocycles. The number of methoxy groups -OCH3 is 1. The summed E-state index contributed by atoms with van der Waals surface area (Å²) in [6, 6.07) is 0.119. The second kappa shape index (κ2) is 9.40. The van der Waals surface area contributed by atoms with Crippen molar-refractivity contribution >= 4 is 0 Å². The Morgan fingerprint density at radius 3 is 2.14 bits per heavy atom. The minimum atomic E-state index is 0.119. The van der Waals surface area contributed by atoms with Gasteiger partial charge < -0.3 is 19.9 Å². The van der Waals surface area contributed by atoms with Gasteiger partial charge in [0.1, 0.15) is 0 Å². The molecule has 0 rings (SSSR count). The molecule has 0 heterocycles. The van der Waals surface area contributed by atoms with Gasteiger partial charge in [-0.05, 0) is 5.92 Å². The smallest absolute Gasteiger partial charge is 0.0701 e. The fraction of sp³-hybridized carbons (Fsp3) is 1.00. The summed E-state index contributed by atoms with van der Waals surface area (Å²) < 4.78 is 15.4. The van der Waals surface area contributed by atoms with E-state index in [0.29, 0.717) is 39.0 Å². The van der Waals surface area contributed by atoms with Crippen LogP contribution in [0.1, 0.15) is 13.8 Å². The van der Waals surface area contributed by atoms with Gasteiger partial charge >= 0.3 is 0 Å². The van der Waals surface area contributed by atoms with Crippen molar-refractivity contribution in [2.24, 2.45) is 11.7 Å². The van der Waals surface area contributed by atoms with Crippen molar-refractivity contribution in [2.45, 2.75) is 19.9 Å². The minimum Gasteiger partial charge on any atom is -0.382 e. The second-order valence-electron chi connectivity index (χ2n) is 3.59. The van der Waals surface area contributed by atoms with Crippen LogP contribution < -0.4 is 5.73 Å². The predicted octanol–water partition coefficient (Wildman–Crippen LogP) is 0.649. The Morgan fingerprint density at radius 1 is 1.00 bits per heavy atom. The van der Waals surface area contributed by atoms with E-state index < -0.39 is 0 Å². The van der Waals surface area contributed by atoms with Crippen molar-refractivity contribution in [3.8, 4) is 0 Å².